The van der Waals surface area contributed by atoms with Gasteiger partial charge in [-0.25, -0.2) is 17.2 Å². The lowest BCUT2D eigenvalue weighted by Gasteiger charge is -2.11. The van der Waals surface area contributed by atoms with E-state index in [2.05, 4.69) is 0 Å². The molecule has 0 aliphatic carbocycles. The Morgan fingerprint density at radius 2 is 1.80 bits per heavy atom. The van der Waals surface area contributed by atoms with Crippen molar-refractivity contribution in [3.05, 3.63) is 53.1 Å². The van der Waals surface area contributed by atoms with Gasteiger partial charge in [0.15, 0.2) is 0 Å². The molecule has 8 heteroatoms. The molecule has 0 amide bonds. The van der Waals surface area contributed by atoms with Gasteiger partial charge in [0.05, 0.1) is 11.4 Å². The van der Waals surface area contributed by atoms with E-state index >= 15 is 0 Å². The molecule has 0 aliphatic heterocycles. The van der Waals surface area contributed by atoms with Crippen molar-refractivity contribution in [1.82, 2.24) is 0 Å². The minimum atomic E-state index is -4.17. The van der Waals surface area contributed by atoms with Crippen LogP contribution in [0.2, 0.25) is 5.02 Å². The Morgan fingerprint density at radius 1 is 1.10 bits per heavy atom. The van der Waals surface area contributed by atoms with Crippen molar-refractivity contribution in [2.75, 3.05) is 10.5 Å². The molecule has 2 aromatic rings. The molecule has 106 valence electrons. The summed E-state index contributed by atoms with van der Waals surface area (Å²) in [6.07, 6.45) is 0. The van der Waals surface area contributed by atoms with Crippen molar-refractivity contribution in [3.63, 3.8) is 0 Å². The highest BCUT2D eigenvalue weighted by Crippen LogP contribution is 2.26. The molecule has 0 saturated carbocycles. The van der Waals surface area contributed by atoms with E-state index in [0.29, 0.717) is 0 Å². The molecule has 0 bridgehead atoms. The van der Waals surface area contributed by atoms with Crippen LogP contribution < -0.4 is 10.5 Å². The maximum atomic E-state index is 13.4. The normalized spacial score (nSPS) is 11.3. The Balaban J connectivity index is 2.46. The van der Waals surface area contributed by atoms with E-state index in [-0.39, 0.29) is 15.6 Å². The summed E-state index contributed by atoms with van der Waals surface area (Å²) in [5.41, 5.74) is 4.98. The van der Waals surface area contributed by atoms with E-state index in [0.717, 1.165) is 24.3 Å². The maximum Gasteiger partial charge on any atom is 0.264 e. The Hall–Kier alpha value is -1.86. The first-order valence-electron chi connectivity index (χ1n) is 5.32. The second kappa shape index (κ2) is 5.26. The van der Waals surface area contributed by atoms with Crippen LogP contribution in [0.3, 0.4) is 0 Å². The smallest absolute Gasteiger partial charge is 0.264 e. The maximum absolute atomic E-state index is 13.4. The number of sulfonamides is 1. The molecule has 0 fully saturated rings. The van der Waals surface area contributed by atoms with Gasteiger partial charge >= 0.3 is 0 Å². The zero-order valence-electron chi connectivity index (χ0n) is 9.90. The summed E-state index contributed by atoms with van der Waals surface area (Å²) in [7, 11) is -4.17. The molecule has 0 unspecified atom stereocenters. The molecule has 20 heavy (non-hydrogen) atoms. The fourth-order valence-electron chi connectivity index (χ4n) is 1.52. The molecule has 0 radical (unpaired) electrons. The third-order valence-corrected chi connectivity index (χ3v) is 4.09. The quantitative estimate of drug-likeness (QED) is 0.854. The first-order chi connectivity index (χ1) is 9.29. The van der Waals surface area contributed by atoms with E-state index in [1.54, 1.807) is 0 Å². The van der Waals surface area contributed by atoms with Gasteiger partial charge < -0.3 is 5.73 Å². The minimum absolute atomic E-state index is 0.0567. The van der Waals surface area contributed by atoms with Gasteiger partial charge in [0.25, 0.3) is 10.0 Å². The molecule has 0 saturated heterocycles. The number of halogens is 3. The Labute approximate surface area is 119 Å². The van der Waals surface area contributed by atoms with Gasteiger partial charge in [0, 0.05) is 11.1 Å². The number of hydrogen-bond donors (Lipinski definition) is 2. The van der Waals surface area contributed by atoms with Crippen LogP contribution in [0.15, 0.2) is 41.3 Å². The third kappa shape index (κ3) is 3.00. The van der Waals surface area contributed by atoms with Gasteiger partial charge in [-0.2, -0.15) is 0 Å². The van der Waals surface area contributed by atoms with Crippen LogP contribution in [-0.2, 0) is 10.0 Å². The lowest BCUT2D eigenvalue weighted by molar-refractivity contribution is 0.594. The standard InChI is InChI=1S/C12H9ClF2N2O2S/c13-7-1-4-10(16)12(5-7)20(18,19)17-11-6-8(14)2-3-9(11)15/h1-6,17H,16H2. The fraction of sp³-hybridized carbons (Fsp3) is 0. The van der Waals surface area contributed by atoms with Gasteiger partial charge in [-0.15, -0.1) is 0 Å². The van der Waals surface area contributed by atoms with E-state index in [4.69, 9.17) is 17.3 Å². The number of nitrogens with one attached hydrogen (secondary N) is 1. The van der Waals surface area contributed by atoms with Crippen LogP contribution in [0.1, 0.15) is 0 Å². The highest BCUT2D eigenvalue weighted by Gasteiger charge is 2.20. The highest BCUT2D eigenvalue weighted by molar-refractivity contribution is 7.92. The van der Waals surface area contributed by atoms with Crippen LogP contribution in [-0.4, -0.2) is 8.42 Å². The average molecular weight is 319 g/mol. The Bertz CT molecular complexity index is 766. The molecule has 0 atom stereocenters. The molecule has 0 aliphatic rings. The first kappa shape index (κ1) is 14.5. The van der Waals surface area contributed by atoms with Crippen LogP contribution in [0, 0.1) is 11.6 Å². The summed E-state index contributed by atoms with van der Waals surface area (Å²) in [5, 5.41) is 0.152. The van der Waals surface area contributed by atoms with E-state index in [1.165, 1.54) is 12.1 Å². The molecule has 0 aromatic heterocycles. The SMILES string of the molecule is Nc1ccc(Cl)cc1S(=O)(=O)Nc1cc(F)ccc1F. The minimum Gasteiger partial charge on any atom is -0.398 e. The number of nitrogens with two attached hydrogens (primary N) is 1. The van der Waals surface area contributed by atoms with Crippen molar-refractivity contribution >= 4 is 33.0 Å². The summed E-state index contributed by atoms with van der Waals surface area (Å²) in [5.74, 6) is -1.68. The van der Waals surface area contributed by atoms with Crippen LogP contribution in [0.5, 0.6) is 0 Å². The summed E-state index contributed by atoms with van der Waals surface area (Å²) in [6.45, 7) is 0. The highest BCUT2D eigenvalue weighted by atomic mass is 35.5. The molecule has 2 aromatic carbocycles. The van der Waals surface area contributed by atoms with Crippen LogP contribution >= 0.6 is 11.6 Å². The van der Waals surface area contributed by atoms with Gasteiger partial charge in [0.1, 0.15) is 16.5 Å². The van der Waals surface area contributed by atoms with Crippen molar-refractivity contribution < 1.29 is 17.2 Å². The zero-order chi connectivity index (χ0) is 14.9. The second-order valence-corrected chi connectivity index (χ2v) is 6.00. The lowest BCUT2D eigenvalue weighted by atomic mass is 10.3. The zero-order valence-corrected chi connectivity index (χ0v) is 11.5. The molecule has 0 heterocycles. The number of rotatable bonds is 3. The van der Waals surface area contributed by atoms with E-state index < -0.39 is 27.3 Å². The van der Waals surface area contributed by atoms with Gasteiger partial charge in [-0.1, -0.05) is 11.6 Å². The number of anilines is 2. The lowest BCUT2D eigenvalue weighted by Crippen LogP contribution is -2.15. The van der Waals surface area contributed by atoms with Gasteiger partial charge in [-0.05, 0) is 30.3 Å². The Kier molecular flexibility index (Phi) is 3.82. The fourth-order valence-corrected chi connectivity index (χ4v) is 2.97. The van der Waals surface area contributed by atoms with Crippen LogP contribution in [0.25, 0.3) is 0 Å². The predicted molar refractivity (Wildman–Crippen MR) is 73.0 cm³/mol. The Morgan fingerprint density at radius 3 is 2.50 bits per heavy atom. The van der Waals surface area contributed by atoms with Crippen molar-refractivity contribution in [2.45, 2.75) is 4.90 Å². The van der Waals surface area contributed by atoms with Gasteiger partial charge in [-0.3, -0.25) is 4.72 Å². The van der Waals surface area contributed by atoms with Crippen molar-refractivity contribution in [1.29, 1.82) is 0 Å². The average Bonchev–Trinajstić information content (AvgIpc) is 2.36. The van der Waals surface area contributed by atoms with Crippen LogP contribution in [0.4, 0.5) is 20.2 Å². The van der Waals surface area contributed by atoms with Gasteiger partial charge in [0.2, 0.25) is 0 Å². The van der Waals surface area contributed by atoms with E-state index in [1.807, 2.05) is 4.72 Å². The summed E-state index contributed by atoms with van der Waals surface area (Å²) < 4.78 is 52.6. The van der Waals surface area contributed by atoms with Crippen molar-refractivity contribution in [2.24, 2.45) is 0 Å². The molecular formula is C12H9ClF2N2O2S. The number of hydrogen-bond acceptors (Lipinski definition) is 3. The summed E-state index contributed by atoms with van der Waals surface area (Å²) in [6, 6.07) is 6.26. The monoisotopic (exact) mass is 318 g/mol. The summed E-state index contributed by atoms with van der Waals surface area (Å²) >= 11 is 5.70. The topological polar surface area (TPSA) is 72.2 Å². The van der Waals surface area contributed by atoms with Crippen molar-refractivity contribution in [3.8, 4) is 0 Å². The largest absolute Gasteiger partial charge is 0.398 e. The third-order valence-electron chi connectivity index (χ3n) is 2.44. The molecule has 3 N–H and O–H groups in total. The predicted octanol–water partition coefficient (Wildman–Crippen LogP) is 3.00. The molecule has 0 spiro atoms. The molecular weight excluding hydrogens is 310 g/mol. The van der Waals surface area contributed by atoms with E-state index in [9.17, 15) is 17.2 Å². The first-order valence-corrected chi connectivity index (χ1v) is 7.18. The summed E-state index contributed by atoms with van der Waals surface area (Å²) in [4.78, 5) is -0.311. The number of nitrogen functional groups attached to an aromatic ring is 1. The molecule has 2 rings (SSSR count). The second-order valence-electron chi connectivity index (χ2n) is 3.91. The number of benzene rings is 2. The molecule has 4 nitrogen and oxygen atoms in total.